The molecule has 0 spiro atoms. The third-order valence-electron chi connectivity index (χ3n) is 2.97. The molecule has 0 amide bonds. The van der Waals surface area contributed by atoms with E-state index in [2.05, 4.69) is 31.9 Å². The molecule has 1 atom stereocenters. The number of hydrogen-bond donors (Lipinski definition) is 0. The van der Waals surface area contributed by atoms with Crippen molar-refractivity contribution < 1.29 is 13.5 Å². The highest BCUT2D eigenvalue weighted by Gasteiger charge is 2.18. The predicted octanol–water partition coefficient (Wildman–Crippen LogP) is 5.41. The summed E-state index contributed by atoms with van der Waals surface area (Å²) in [7, 11) is 1.48. The molecule has 2 rings (SSSR count). The maximum absolute atomic E-state index is 13.7. The number of ether oxygens (including phenoxy) is 1. The second kappa shape index (κ2) is 6.68. The fraction of sp³-hybridized carbons (Fsp3) is 0.200. The Morgan fingerprint density at radius 2 is 1.85 bits per heavy atom. The third-order valence-corrected chi connectivity index (χ3v) is 4.39. The first-order valence-electron chi connectivity index (χ1n) is 5.93. The summed E-state index contributed by atoms with van der Waals surface area (Å²) < 4.78 is 32.7. The highest BCUT2D eigenvalue weighted by molar-refractivity contribution is 9.10. The monoisotopic (exact) mass is 404 g/mol. The minimum Gasteiger partial charge on any atom is -0.496 e. The van der Waals surface area contributed by atoms with Crippen molar-refractivity contribution in [2.45, 2.75) is 11.2 Å². The largest absolute Gasteiger partial charge is 0.496 e. The first-order chi connectivity index (χ1) is 9.52. The van der Waals surface area contributed by atoms with E-state index in [1.54, 1.807) is 24.3 Å². The van der Waals surface area contributed by atoms with E-state index in [-0.39, 0.29) is 10.6 Å². The van der Waals surface area contributed by atoms with Gasteiger partial charge >= 0.3 is 0 Å². The molecule has 2 aromatic carbocycles. The first kappa shape index (κ1) is 15.4. The van der Waals surface area contributed by atoms with Gasteiger partial charge in [0.25, 0.3) is 0 Å². The Bertz CT molecular complexity index is 617. The molecular weight excluding hydrogens is 394 g/mol. The number of methoxy groups -OCH3 is 1. The molecule has 0 N–H and O–H groups in total. The molecule has 5 heteroatoms. The lowest BCUT2D eigenvalue weighted by atomic mass is 10.0. The van der Waals surface area contributed by atoms with Crippen LogP contribution >= 0.6 is 31.9 Å². The molecule has 0 aliphatic rings. The molecule has 0 saturated carbocycles. The zero-order valence-corrected chi connectivity index (χ0v) is 13.8. The third kappa shape index (κ3) is 3.38. The fourth-order valence-electron chi connectivity index (χ4n) is 1.93. The van der Waals surface area contributed by atoms with Crippen LogP contribution in [0.2, 0.25) is 0 Å². The van der Waals surface area contributed by atoms with Crippen LogP contribution in [-0.2, 0) is 6.42 Å². The Labute approximate surface area is 133 Å². The van der Waals surface area contributed by atoms with E-state index in [4.69, 9.17) is 4.74 Å². The van der Waals surface area contributed by atoms with Crippen molar-refractivity contribution in [3.8, 4) is 5.75 Å². The predicted molar refractivity (Wildman–Crippen MR) is 82.4 cm³/mol. The summed E-state index contributed by atoms with van der Waals surface area (Å²) in [6.45, 7) is 0. The lowest BCUT2D eigenvalue weighted by molar-refractivity contribution is 0.405. The SMILES string of the molecule is COc1cc(F)c(Br)cc1C(Br)Cc1ccccc1F. The summed E-state index contributed by atoms with van der Waals surface area (Å²) in [6.07, 6.45) is 0.446. The number of halogens is 4. The molecule has 0 radical (unpaired) electrons. The number of rotatable bonds is 4. The molecular formula is C15H12Br2F2O. The van der Waals surface area contributed by atoms with Gasteiger partial charge in [-0.25, -0.2) is 8.78 Å². The maximum atomic E-state index is 13.7. The molecule has 0 heterocycles. The molecule has 0 fully saturated rings. The van der Waals surface area contributed by atoms with Crippen molar-refractivity contribution >= 4 is 31.9 Å². The van der Waals surface area contributed by atoms with Crippen LogP contribution in [0, 0.1) is 11.6 Å². The molecule has 0 bridgehead atoms. The minimum absolute atomic E-state index is 0.175. The van der Waals surface area contributed by atoms with Crippen LogP contribution in [0.1, 0.15) is 16.0 Å². The van der Waals surface area contributed by atoms with E-state index in [1.165, 1.54) is 19.2 Å². The van der Waals surface area contributed by atoms with Crippen molar-refractivity contribution in [1.29, 1.82) is 0 Å². The van der Waals surface area contributed by atoms with Crippen molar-refractivity contribution in [3.05, 3.63) is 63.6 Å². The number of hydrogen-bond acceptors (Lipinski definition) is 1. The molecule has 1 nitrogen and oxygen atoms in total. The first-order valence-corrected chi connectivity index (χ1v) is 7.64. The Balaban J connectivity index is 2.32. The van der Waals surface area contributed by atoms with Crippen LogP contribution in [0.3, 0.4) is 0 Å². The normalized spacial score (nSPS) is 12.2. The van der Waals surface area contributed by atoms with E-state index >= 15 is 0 Å². The summed E-state index contributed by atoms with van der Waals surface area (Å²) in [5.41, 5.74) is 1.36. The van der Waals surface area contributed by atoms with E-state index in [0.29, 0.717) is 22.2 Å². The minimum atomic E-state index is -0.392. The molecule has 0 saturated heterocycles. The van der Waals surface area contributed by atoms with E-state index in [0.717, 1.165) is 5.56 Å². The highest BCUT2D eigenvalue weighted by atomic mass is 79.9. The van der Waals surface area contributed by atoms with Gasteiger partial charge in [-0.05, 0) is 40.0 Å². The summed E-state index contributed by atoms with van der Waals surface area (Å²) in [4.78, 5) is -0.175. The van der Waals surface area contributed by atoms with Gasteiger partial charge in [-0.3, -0.25) is 0 Å². The van der Waals surface area contributed by atoms with Gasteiger partial charge in [-0.1, -0.05) is 34.1 Å². The molecule has 0 aliphatic carbocycles. The summed E-state index contributed by atoms with van der Waals surface area (Å²) in [5.74, 6) is -0.211. The van der Waals surface area contributed by atoms with Crippen LogP contribution in [0.5, 0.6) is 5.75 Å². The average Bonchev–Trinajstić information content (AvgIpc) is 2.43. The quantitative estimate of drug-likeness (QED) is 0.617. The van der Waals surface area contributed by atoms with Crippen LogP contribution in [0.15, 0.2) is 40.9 Å². The molecule has 0 aromatic heterocycles. The van der Waals surface area contributed by atoms with E-state index < -0.39 is 5.82 Å². The van der Waals surface area contributed by atoms with Crippen molar-refractivity contribution in [1.82, 2.24) is 0 Å². The standard InChI is InChI=1S/C15H12Br2F2O/c1-20-15-8-14(19)12(17)7-10(15)11(16)6-9-4-2-3-5-13(9)18/h2-5,7-8,11H,6H2,1H3. The lowest BCUT2D eigenvalue weighted by Gasteiger charge is -2.15. The summed E-state index contributed by atoms with van der Waals surface area (Å²) in [6, 6.07) is 9.55. The molecule has 2 aromatic rings. The Morgan fingerprint density at radius 3 is 2.50 bits per heavy atom. The Hall–Kier alpha value is -0.940. The Morgan fingerprint density at radius 1 is 1.15 bits per heavy atom. The van der Waals surface area contributed by atoms with Gasteiger partial charge < -0.3 is 4.74 Å². The number of benzene rings is 2. The molecule has 20 heavy (non-hydrogen) atoms. The van der Waals surface area contributed by atoms with Gasteiger partial charge in [0.15, 0.2) is 0 Å². The van der Waals surface area contributed by atoms with Crippen LogP contribution in [0.25, 0.3) is 0 Å². The van der Waals surface area contributed by atoms with Gasteiger partial charge in [0.2, 0.25) is 0 Å². The highest BCUT2D eigenvalue weighted by Crippen LogP contribution is 2.37. The average molecular weight is 406 g/mol. The van der Waals surface area contributed by atoms with Crippen molar-refractivity contribution in [3.63, 3.8) is 0 Å². The van der Waals surface area contributed by atoms with Gasteiger partial charge in [-0.2, -0.15) is 0 Å². The number of alkyl halides is 1. The lowest BCUT2D eigenvalue weighted by Crippen LogP contribution is -2.01. The molecule has 1 unspecified atom stereocenters. The Kier molecular flexibility index (Phi) is 5.16. The summed E-state index contributed by atoms with van der Waals surface area (Å²) in [5, 5.41) is 0. The van der Waals surface area contributed by atoms with Crippen LogP contribution in [-0.4, -0.2) is 7.11 Å². The molecule has 0 aliphatic heterocycles. The van der Waals surface area contributed by atoms with Gasteiger partial charge in [0.05, 0.1) is 11.6 Å². The second-order valence-electron chi connectivity index (χ2n) is 4.27. The smallest absolute Gasteiger partial charge is 0.141 e. The van der Waals surface area contributed by atoms with Gasteiger partial charge in [0, 0.05) is 16.5 Å². The van der Waals surface area contributed by atoms with Crippen molar-refractivity contribution in [2.75, 3.05) is 7.11 Å². The van der Waals surface area contributed by atoms with Gasteiger partial charge in [0.1, 0.15) is 17.4 Å². The molecule has 106 valence electrons. The van der Waals surface area contributed by atoms with Gasteiger partial charge in [-0.15, -0.1) is 0 Å². The topological polar surface area (TPSA) is 9.23 Å². The zero-order chi connectivity index (χ0) is 14.7. The van der Waals surface area contributed by atoms with Crippen molar-refractivity contribution in [2.24, 2.45) is 0 Å². The van der Waals surface area contributed by atoms with Crippen LogP contribution < -0.4 is 4.74 Å². The fourth-order valence-corrected chi connectivity index (χ4v) is 3.00. The van der Waals surface area contributed by atoms with Crippen LogP contribution in [0.4, 0.5) is 8.78 Å². The van der Waals surface area contributed by atoms with E-state index in [1.807, 2.05) is 0 Å². The maximum Gasteiger partial charge on any atom is 0.141 e. The summed E-state index contributed by atoms with van der Waals surface area (Å²) >= 11 is 6.67. The second-order valence-corrected chi connectivity index (χ2v) is 6.23. The zero-order valence-electron chi connectivity index (χ0n) is 10.7. The van der Waals surface area contributed by atoms with E-state index in [9.17, 15) is 8.78 Å².